The van der Waals surface area contributed by atoms with Crippen molar-refractivity contribution in [3.05, 3.63) is 23.3 Å². The van der Waals surface area contributed by atoms with E-state index in [0.717, 1.165) is 0 Å². The van der Waals surface area contributed by atoms with Crippen LogP contribution in [-0.4, -0.2) is 17.6 Å². The summed E-state index contributed by atoms with van der Waals surface area (Å²) in [5, 5.41) is 0. The fourth-order valence-electron chi connectivity index (χ4n) is 1.04. The highest BCUT2D eigenvalue weighted by Crippen LogP contribution is 2.34. The van der Waals surface area contributed by atoms with E-state index in [-0.39, 0.29) is 12.5 Å². The van der Waals surface area contributed by atoms with Crippen molar-refractivity contribution in [2.45, 2.75) is 12.8 Å². The van der Waals surface area contributed by atoms with Gasteiger partial charge in [0.2, 0.25) is 5.95 Å². The molecule has 94 valence electrons. The van der Waals surface area contributed by atoms with Gasteiger partial charge in [-0.1, -0.05) is 0 Å². The largest absolute Gasteiger partial charge is 0.573 e. The molecule has 3 nitrogen and oxygen atoms in total. The first-order valence-electron chi connectivity index (χ1n) is 3.93. The van der Waals surface area contributed by atoms with E-state index in [2.05, 4.69) is 9.72 Å². The van der Waals surface area contributed by atoms with Crippen molar-refractivity contribution in [2.24, 2.45) is 0 Å². The molecule has 0 bridgehead atoms. The van der Waals surface area contributed by atoms with Crippen LogP contribution in [0.4, 0.5) is 26.3 Å². The van der Waals surface area contributed by atoms with Crippen molar-refractivity contribution in [3.8, 4) is 5.75 Å². The number of alkyl halides is 5. The van der Waals surface area contributed by atoms with E-state index in [1.54, 1.807) is 0 Å². The SMILES string of the molecule is O=Cc1c(F)ncc(OC(F)(F)F)c1C(F)F. The molecule has 0 saturated carbocycles. The minimum Gasteiger partial charge on any atom is -0.404 e. The van der Waals surface area contributed by atoms with Crippen LogP contribution in [0.5, 0.6) is 5.75 Å². The molecule has 0 aromatic carbocycles. The van der Waals surface area contributed by atoms with Crippen LogP contribution in [0.1, 0.15) is 22.3 Å². The summed E-state index contributed by atoms with van der Waals surface area (Å²) in [5.74, 6) is -3.00. The summed E-state index contributed by atoms with van der Waals surface area (Å²) in [7, 11) is 0. The second-order valence-electron chi connectivity index (χ2n) is 2.71. The lowest BCUT2D eigenvalue weighted by atomic mass is 10.1. The molecule has 1 rings (SSSR count). The number of hydrogen-bond donors (Lipinski definition) is 0. The molecule has 0 amide bonds. The number of rotatable bonds is 3. The second-order valence-corrected chi connectivity index (χ2v) is 2.71. The third-order valence-electron chi connectivity index (χ3n) is 1.63. The molecule has 1 aromatic rings. The number of ether oxygens (including phenoxy) is 1. The van der Waals surface area contributed by atoms with Crippen LogP contribution >= 0.6 is 0 Å². The molecule has 0 fully saturated rings. The molecule has 9 heteroatoms. The van der Waals surface area contributed by atoms with Gasteiger partial charge in [-0.25, -0.2) is 13.8 Å². The minimum atomic E-state index is -5.25. The molecule has 0 saturated heterocycles. The van der Waals surface area contributed by atoms with Crippen molar-refractivity contribution in [1.82, 2.24) is 4.98 Å². The zero-order valence-corrected chi connectivity index (χ0v) is 7.76. The van der Waals surface area contributed by atoms with Crippen molar-refractivity contribution < 1.29 is 35.9 Å². The number of pyridine rings is 1. The summed E-state index contributed by atoms with van der Waals surface area (Å²) in [4.78, 5) is 13.0. The first-order valence-corrected chi connectivity index (χ1v) is 3.93. The minimum absolute atomic E-state index is 0.136. The zero-order chi connectivity index (χ0) is 13.2. The molecule has 0 unspecified atom stereocenters. The molecule has 0 aliphatic carbocycles. The van der Waals surface area contributed by atoms with E-state index in [1.165, 1.54) is 0 Å². The van der Waals surface area contributed by atoms with Crippen molar-refractivity contribution in [3.63, 3.8) is 0 Å². The van der Waals surface area contributed by atoms with Gasteiger partial charge < -0.3 is 4.74 Å². The first-order chi connectivity index (χ1) is 7.76. The van der Waals surface area contributed by atoms with E-state index >= 15 is 0 Å². The normalized spacial score (nSPS) is 11.7. The van der Waals surface area contributed by atoms with Crippen LogP contribution in [0.3, 0.4) is 0 Å². The summed E-state index contributed by atoms with van der Waals surface area (Å²) < 4.78 is 76.4. The lowest BCUT2D eigenvalue weighted by molar-refractivity contribution is -0.275. The third kappa shape index (κ3) is 3.08. The predicted octanol–water partition coefficient (Wildman–Crippen LogP) is 2.87. The van der Waals surface area contributed by atoms with Crippen LogP contribution in [0.15, 0.2) is 6.20 Å². The maximum absolute atomic E-state index is 12.8. The van der Waals surface area contributed by atoms with Crippen LogP contribution in [0.2, 0.25) is 0 Å². The van der Waals surface area contributed by atoms with Crippen LogP contribution in [0, 0.1) is 5.95 Å². The lowest BCUT2D eigenvalue weighted by Gasteiger charge is -2.13. The predicted molar refractivity (Wildman–Crippen MR) is 41.2 cm³/mol. The molecule has 17 heavy (non-hydrogen) atoms. The maximum atomic E-state index is 12.8. The van der Waals surface area contributed by atoms with E-state index in [0.29, 0.717) is 0 Å². The molecular weight excluding hydrogens is 256 g/mol. The molecule has 0 radical (unpaired) electrons. The summed E-state index contributed by atoms with van der Waals surface area (Å²) >= 11 is 0. The van der Waals surface area contributed by atoms with Gasteiger partial charge in [0, 0.05) is 0 Å². The van der Waals surface area contributed by atoms with Crippen molar-refractivity contribution >= 4 is 6.29 Å². The Bertz CT molecular complexity index is 431. The fourth-order valence-corrected chi connectivity index (χ4v) is 1.04. The number of carbonyl (C=O) groups excluding carboxylic acids is 1. The van der Waals surface area contributed by atoms with Gasteiger partial charge in [0.25, 0.3) is 6.43 Å². The monoisotopic (exact) mass is 259 g/mol. The second kappa shape index (κ2) is 4.60. The Morgan fingerprint density at radius 3 is 2.35 bits per heavy atom. The fraction of sp³-hybridized carbons (Fsp3) is 0.250. The maximum Gasteiger partial charge on any atom is 0.573 e. The first kappa shape index (κ1) is 13.3. The summed E-state index contributed by atoms with van der Waals surface area (Å²) in [5.41, 5.74) is -2.74. The summed E-state index contributed by atoms with van der Waals surface area (Å²) in [6.07, 6.45) is -8.97. The highest BCUT2D eigenvalue weighted by atomic mass is 19.4. The van der Waals surface area contributed by atoms with Crippen LogP contribution in [0.25, 0.3) is 0 Å². The number of halogens is 6. The van der Waals surface area contributed by atoms with Gasteiger partial charge in [0.05, 0.1) is 17.3 Å². The van der Waals surface area contributed by atoms with Crippen molar-refractivity contribution in [1.29, 1.82) is 0 Å². The Kier molecular flexibility index (Phi) is 3.59. The average Bonchev–Trinajstić information content (AvgIpc) is 2.17. The topological polar surface area (TPSA) is 39.2 Å². The molecule has 0 spiro atoms. The van der Waals surface area contributed by atoms with E-state index in [1.807, 2.05) is 0 Å². The molecular formula is C8H3F6NO2. The number of nitrogens with zero attached hydrogens (tertiary/aromatic N) is 1. The highest BCUT2D eigenvalue weighted by Gasteiger charge is 2.35. The van der Waals surface area contributed by atoms with Gasteiger partial charge >= 0.3 is 6.36 Å². The van der Waals surface area contributed by atoms with Gasteiger partial charge in [0.1, 0.15) is 0 Å². The zero-order valence-electron chi connectivity index (χ0n) is 7.76. The van der Waals surface area contributed by atoms with Gasteiger partial charge in [0.15, 0.2) is 12.0 Å². The van der Waals surface area contributed by atoms with E-state index in [9.17, 15) is 31.1 Å². The molecule has 0 atom stereocenters. The average molecular weight is 259 g/mol. The number of hydrogen-bond acceptors (Lipinski definition) is 3. The number of aldehydes is 1. The quantitative estimate of drug-likeness (QED) is 0.476. The van der Waals surface area contributed by atoms with E-state index < -0.39 is 35.6 Å². The van der Waals surface area contributed by atoms with Crippen LogP contribution in [-0.2, 0) is 0 Å². The molecule has 1 aromatic heterocycles. The Morgan fingerprint density at radius 2 is 1.94 bits per heavy atom. The summed E-state index contributed by atoms with van der Waals surface area (Å²) in [6.45, 7) is 0. The smallest absolute Gasteiger partial charge is 0.404 e. The molecule has 0 aliphatic rings. The Morgan fingerprint density at radius 1 is 1.35 bits per heavy atom. The lowest BCUT2D eigenvalue weighted by Crippen LogP contribution is -2.19. The molecule has 0 N–H and O–H groups in total. The third-order valence-corrected chi connectivity index (χ3v) is 1.63. The van der Waals surface area contributed by atoms with E-state index in [4.69, 9.17) is 0 Å². The van der Waals surface area contributed by atoms with Crippen molar-refractivity contribution in [2.75, 3.05) is 0 Å². The van der Waals surface area contributed by atoms with Crippen LogP contribution < -0.4 is 4.74 Å². The standard InChI is InChI=1S/C8H3F6NO2/c9-6(10)5-3(2-16)7(11)15-1-4(5)17-8(12,13)14/h1-2,6H. The Labute approximate surface area is 90.0 Å². The van der Waals surface area contributed by atoms with Gasteiger partial charge in [-0.15, -0.1) is 13.2 Å². The Balaban J connectivity index is 3.35. The number of aromatic nitrogens is 1. The Hall–Kier alpha value is -1.80. The van der Waals surface area contributed by atoms with Gasteiger partial charge in [-0.3, -0.25) is 4.79 Å². The number of carbonyl (C=O) groups is 1. The van der Waals surface area contributed by atoms with Gasteiger partial charge in [-0.2, -0.15) is 4.39 Å². The highest BCUT2D eigenvalue weighted by molar-refractivity contribution is 5.78. The molecule has 1 heterocycles. The molecule has 0 aliphatic heterocycles. The van der Waals surface area contributed by atoms with Gasteiger partial charge in [-0.05, 0) is 0 Å². The summed E-state index contributed by atoms with van der Waals surface area (Å²) in [6, 6.07) is 0.